The predicted molar refractivity (Wildman–Crippen MR) is 107 cm³/mol. The zero-order valence-corrected chi connectivity index (χ0v) is 17.5. The zero-order valence-electron chi connectivity index (χ0n) is 17.5. The zero-order chi connectivity index (χ0) is 20.2. The summed E-state index contributed by atoms with van der Waals surface area (Å²) in [6, 6.07) is 0. The van der Waals surface area contributed by atoms with Crippen molar-refractivity contribution >= 4 is 11.9 Å². The molecule has 0 heterocycles. The van der Waals surface area contributed by atoms with E-state index in [2.05, 4.69) is 33.4 Å². The number of rotatable bonds is 7. The first-order chi connectivity index (χ1) is 12.6. The van der Waals surface area contributed by atoms with Crippen LogP contribution in [0.3, 0.4) is 0 Å². The van der Waals surface area contributed by atoms with E-state index in [1.165, 1.54) is 18.3 Å². The second kappa shape index (κ2) is 8.62. The molecule has 0 amide bonds. The minimum Gasteiger partial charge on any atom is -0.481 e. The first kappa shape index (κ1) is 21.7. The minimum absolute atomic E-state index is 0.0607. The molecule has 0 bridgehead atoms. The van der Waals surface area contributed by atoms with Gasteiger partial charge >= 0.3 is 11.9 Å². The molecular formula is C23H36O4. The van der Waals surface area contributed by atoms with Crippen molar-refractivity contribution < 1.29 is 19.4 Å². The Balaban J connectivity index is 2.15. The molecule has 4 nitrogen and oxygen atoms in total. The molecule has 0 aliphatic heterocycles. The van der Waals surface area contributed by atoms with Crippen LogP contribution < -0.4 is 0 Å². The summed E-state index contributed by atoms with van der Waals surface area (Å²) in [5, 5.41) is 8.79. The fourth-order valence-electron chi connectivity index (χ4n) is 5.88. The fourth-order valence-corrected chi connectivity index (χ4v) is 5.88. The van der Waals surface area contributed by atoms with Crippen LogP contribution in [0.2, 0.25) is 0 Å². The third kappa shape index (κ3) is 4.47. The predicted octanol–water partition coefficient (Wildman–Crippen LogP) is 5.53. The van der Waals surface area contributed by atoms with Crippen molar-refractivity contribution in [2.75, 3.05) is 7.11 Å². The lowest BCUT2D eigenvalue weighted by atomic mass is 9.46. The van der Waals surface area contributed by atoms with Crippen molar-refractivity contribution in [3.8, 4) is 0 Å². The van der Waals surface area contributed by atoms with Crippen LogP contribution in [0.5, 0.6) is 0 Å². The van der Waals surface area contributed by atoms with Crippen LogP contribution in [-0.4, -0.2) is 24.2 Å². The number of aliphatic carboxylic acids is 1. The van der Waals surface area contributed by atoms with Crippen molar-refractivity contribution in [2.24, 2.45) is 22.7 Å². The Morgan fingerprint density at radius 2 is 2.00 bits per heavy atom. The van der Waals surface area contributed by atoms with Gasteiger partial charge < -0.3 is 9.84 Å². The second-order valence-electron chi connectivity index (χ2n) is 9.09. The average molecular weight is 377 g/mol. The van der Waals surface area contributed by atoms with E-state index in [4.69, 9.17) is 9.84 Å². The Labute approximate surface area is 164 Å². The molecule has 152 valence electrons. The Kier molecular flexibility index (Phi) is 6.93. The SMILES string of the molecule is C=C1CC[C@@H]2[C@](C)(CCC[C@]2(C)C(=O)OC)[C@H]1CC/C(C)=C/CCC(=O)O. The lowest BCUT2D eigenvalue weighted by molar-refractivity contribution is -0.168. The number of allylic oxidation sites excluding steroid dienone is 3. The molecule has 2 saturated carbocycles. The maximum absolute atomic E-state index is 12.6. The van der Waals surface area contributed by atoms with Gasteiger partial charge in [-0.3, -0.25) is 9.59 Å². The van der Waals surface area contributed by atoms with Gasteiger partial charge in [0.2, 0.25) is 0 Å². The van der Waals surface area contributed by atoms with Gasteiger partial charge in [0.05, 0.1) is 12.5 Å². The van der Waals surface area contributed by atoms with Gasteiger partial charge in [-0.25, -0.2) is 0 Å². The van der Waals surface area contributed by atoms with Crippen LogP contribution in [0.25, 0.3) is 0 Å². The normalized spacial score (nSPS) is 34.1. The summed E-state index contributed by atoms with van der Waals surface area (Å²) < 4.78 is 5.19. The number of hydrogen-bond acceptors (Lipinski definition) is 3. The van der Waals surface area contributed by atoms with Crippen LogP contribution in [-0.2, 0) is 14.3 Å². The van der Waals surface area contributed by atoms with Gasteiger partial charge in [0.1, 0.15) is 0 Å². The second-order valence-corrected chi connectivity index (χ2v) is 9.09. The molecular weight excluding hydrogens is 340 g/mol. The van der Waals surface area contributed by atoms with Crippen molar-refractivity contribution in [3.05, 3.63) is 23.8 Å². The van der Waals surface area contributed by atoms with Crippen molar-refractivity contribution in [1.82, 2.24) is 0 Å². The van der Waals surface area contributed by atoms with Crippen LogP contribution in [0.15, 0.2) is 23.8 Å². The largest absolute Gasteiger partial charge is 0.481 e. The maximum Gasteiger partial charge on any atom is 0.311 e. The van der Waals surface area contributed by atoms with Gasteiger partial charge in [0, 0.05) is 6.42 Å². The number of carbonyl (C=O) groups is 2. The Morgan fingerprint density at radius 1 is 1.30 bits per heavy atom. The van der Waals surface area contributed by atoms with E-state index in [0.717, 1.165) is 44.9 Å². The highest BCUT2D eigenvalue weighted by Gasteiger charge is 2.57. The molecule has 2 rings (SSSR count). The topological polar surface area (TPSA) is 63.6 Å². The number of fused-ring (bicyclic) bond motifs is 1. The number of esters is 1. The van der Waals surface area contributed by atoms with Gasteiger partial charge in [-0.05, 0) is 76.0 Å². The third-order valence-electron chi connectivity index (χ3n) is 7.35. The van der Waals surface area contributed by atoms with Crippen LogP contribution in [0.1, 0.15) is 78.6 Å². The molecule has 27 heavy (non-hydrogen) atoms. The molecule has 0 aromatic rings. The summed E-state index contributed by atoms with van der Waals surface area (Å²) in [7, 11) is 1.50. The van der Waals surface area contributed by atoms with Crippen molar-refractivity contribution in [1.29, 1.82) is 0 Å². The quantitative estimate of drug-likeness (QED) is 0.469. The molecule has 4 atom stereocenters. The van der Waals surface area contributed by atoms with Gasteiger partial charge in [-0.2, -0.15) is 0 Å². The molecule has 0 saturated heterocycles. The van der Waals surface area contributed by atoms with Gasteiger partial charge in [-0.15, -0.1) is 0 Å². The molecule has 0 unspecified atom stereocenters. The number of carbonyl (C=O) groups excluding carboxylic acids is 1. The molecule has 0 radical (unpaired) electrons. The summed E-state index contributed by atoms with van der Waals surface area (Å²) in [5.74, 6) is -0.0739. The van der Waals surface area contributed by atoms with Gasteiger partial charge in [-0.1, -0.05) is 37.1 Å². The van der Waals surface area contributed by atoms with Gasteiger partial charge in [0.15, 0.2) is 0 Å². The molecule has 2 aliphatic carbocycles. The Hall–Kier alpha value is -1.58. The molecule has 0 spiro atoms. The highest BCUT2D eigenvalue weighted by molar-refractivity contribution is 5.77. The van der Waals surface area contributed by atoms with E-state index in [1.54, 1.807) is 0 Å². The number of carboxylic acid groups (broad SMARTS) is 1. The lowest BCUT2D eigenvalue weighted by Gasteiger charge is -2.57. The lowest BCUT2D eigenvalue weighted by Crippen LogP contribution is -2.53. The number of hydrogen-bond donors (Lipinski definition) is 1. The first-order valence-corrected chi connectivity index (χ1v) is 10.3. The standard InChI is InChI=1S/C23H36O4/c1-16(8-6-9-20(24)25)10-12-18-17(2)11-13-19-22(18,3)14-7-15-23(19,4)21(26)27-5/h8,18-19H,2,6-7,9-15H2,1,3-5H3,(H,24,25)/b16-8+/t18-,19+,22+,23-/m0/s1. The number of ether oxygens (including phenoxy) is 1. The van der Waals surface area contributed by atoms with E-state index in [-0.39, 0.29) is 17.8 Å². The Morgan fingerprint density at radius 3 is 2.63 bits per heavy atom. The molecule has 4 heteroatoms. The van der Waals surface area contributed by atoms with Crippen LogP contribution >= 0.6 is 0 Å². The van der Waals surface area contributed by atoms with E-state index < -0.39 is 11.4 Å². The average Bonchev–Trinajstić information content (AvgIpc) is 2.59. The van der Waals surface area contributed by atoms with E-state index in [1.807, 2.05) is 0 Å². The fraction of sp³-hybridized carbons (Fsp3) is 0.739. The summed E-state index contributed by atoms with van der Waals surface area (Å²) >= 11 is 0. The highest BCUT2D eigenvalue weighted by atomic mass is 16.5. The summed E-state index contributed by atoms with van der Waals surface area (Å²) in [6.07, 6.45) is 9.92. The summed E-state index contributed by atoms with van der Waals surface area (Å²) in [5.41, 5.74) is 2.26. The van der Waals surface area contributed by atoms with Crippen LogP contribution in [0, 0.1) is 22.7 Å². The summed E-state index contributed by atoms with van der Waals surface area (Å²) in [4.78, 5) is 23.3. The smallest absolute Gasteiger partial charge is 0.311 e. The molecule has 0 aromatic heterocycles. The minimum atomic E-state index is -0.751. The third-order valence-corrected chi connectivity index (χ3v) is 7.35. The first-order valence-electron chi connectivity index (χ1n) is 10.3. The van der Waals surface area contributed by atoms with Gasteiger partial charge in [0.25, 0.3) is 0 Å². The van der Waals surface area contributed by atoms with Crippen molar-refractivity contribution in [3.63, 3.8) is 0 Å². The summed E-state index contributed by atoms with van der Waals surface area (Å²) in [6.45, 7) is 10.9. The Bertz CT molecular complexity index is 620. The maximum atomic E-state index is 12.6. The van der Waals surface area contributed by atoms with Crippen molar-refractivity contribution in [2.45, 2.75) is 78.6 Å². The molecule has 2 aliphatic rings. The number of methoxy groups -OCH3 is 1. The van der Waals surface area contributed by atoms with E-state index in [9.17, 15) is 9.59 Å². The molecule has 2 fully saturated rings. The monoisotopic (exact) mass is 376 g/mol. The highest BCUT2D eigenvalue weighted by Crippen LogP contribution is 2.62. The van der Waals surface area contributed by atoms with E-state index in [0.29, 0.717) is 18.3 Å². The molecule has 0 aromatic carbocycles. The van der Waals surface area contributed by atoms with E-state index >= 15 is 0 Å². The van der Waals surface area contributed by atoms with Crippen LogP contribution in [0.4, 0.5) is 0 Å². The molecule has 1 N–H and O–H groups in total. The number of carboxylic acids is 1.